The van der Waals surface area contributed by atoms with E-state index >= 15 is 0 Å². The normalized spacial score (nSPS) is 16.2. The number of rotatable bonds is 0. The van der Waals surface area contributed by atoms with Crippen LogP contribution in [0, 0.1) is 0 Å². The minimum atomic E-state index is -0.403. The van der Waals surface area contributed by atoms with Gasteiger partial charge in [0.15, 0.2) is 17.2 Å². The molecule has 0 N–H and O–H groups in total. The molecule has 0 bridgehead atoms. The van der Waals surface area contributed by atoms with Gasteiger partial charge in [-0.3, -0.25) is 0 Å². The fourth-order valence-corrected chi connectivity index (χ4v) is 3.50. The van der Waals surface area contributed by atoms with Gasteiger partial charge < -0.3 is 9.15 Å². The highest BCUT2D eigenvalue weighted by atomic mass is 16.5. The summed E-state index contributed by atoms with van der Waals surface area (Å²) < 4.78 is 13.3. The lowest BCUT2D eigenvalue weighted by Crippen LogP contribution is -2.19. The molecule has 1 atom stereocenters. The lowest BCUT2D eigenvalue weighted by molar-refractivity contribution is 0.419. The number of para-hydroxylation sites is 1. The number of ether oxygens (including phenoxy) is 1. The van der Waals surface area contributed by atoms with Crippen LogP contribution in [-0.2, 0) is 5.41 Å². The highest BCUT2D eigenvalue weighted by molar-refractivity contribution is 5.86. The quantitative estimate of drug-likeness (QED) is 0.443. The summed E-state index contributed by atoms with van der Waals surface area (Å²) in [5, 5.41) is 5.29. The third-order valence-electron chi connectivity index (χ3n) is 4.92. The average Bonchev–Trinajstić information content (AvgIpc) is 3.06. The summed E-state index contributed by atoms with van der Waals surface area (Å²) in [5.74, 6) is 1.39. The number of hydrogen-bond donors (Lipinski definition) is 0. The first-order valence-corrected chi connectivity index (χ1v) is 8.84. The van der Waals surface area contributed by atoms with Crippen LogP contribution in [-0.4, -0.2) is 19.6 Å². The van der Waals surface area contributed by atoms with Gasteiger partial charge in [0.05, 0.1) is 16.5 Å². The molecule has 3 aromatic heterocycles. The molecule has 0 radical (unpaired) electrons. The van der Waals surface area contributed by atoms with Gasteiger partial charge in [-0.1, -0.05) is 39.8 Å². The van der Waals surface area contributed by atoms with Crippen molar-refractivity contribution in [1.82, 2.24) is 19.6 Å². The first-order valence-electron chi connectivity index (χ1n) is 8.84. The van der Waals surface area contributed by atoms with Crippen LogP contribution in [0.15, 0.2) is 39.8 Å². The van der Waals surface area contributed by atoms with Gasteiger partial charge in [0, 0.05) is 11.3 Å². The molecule has 1 aliphatic rings. The molecule has 136 valence electrons. The van der Waals surface area contributed by atoms with Gasteiger partial charge in [-0.2, -0.15) is 0 Å². The van der Waals surface area contributed by atoms with E-state index in [1.807, 2.05) is 25.1 Å². The zero-order valence-electron chi connectivity index (χ0n) is 15.5. The van der Waals surface area contributed by atoms with Crippen LogP contribution >= 0.6 is 0 Å². The van der Waals surface area contributed by atoms with Crippen LogP contribution in [0.4, 0.5) is 0 Å². The molecule has 1 aromatic carbocycles. The van der Waals surface area contributed by atoms with Gasteiger partial charge in [-0.25, -0.2) is 19.3 Å². The molecule has 1 unspecified atom stereocenters. The lowest BCUT2D eigenvalue weighted by Gasteiger charge is -2.24. The minimum Gasteiger partial charge on any atom is -0.437 e. The van der Waals surface area contributed by atoms with E-state index in [1.54, 1.807) is 16.9 Å². The molecule has 27 heavy (non-hydrogen) atoms. The summed E-state index contributed by atoms with van der Waals surface area (Å²) in [5.41, 5.74) is 1.77. The first-order chi connectivity index (χ1) is 12.8. The third-order valence-corrected chi connectivity index (χ3v) is 4.92. The summed E-state index contributed by atoms with van der Waals surface area (Å²) in [6.07, 6.45) is 1.60. The van der Waals surface area contributed by atoms with Crippen molar-refractivity contribution in [3.63, 3.8) is 0 Å². The van der Waals surface area contributed by atoms with Crippen LogP contribution < -0.4 is 10.4 Å². The third kappa shape index (κ3) is 2.21. The van der Waals surface area contributed by atoms with Crippen LogP contribution in [0.5, 0.6) is 11.6 Å². The van der Waals surface area contributed by atoms with Gasteiger partial charge in [0.25, 0.3) is 0 Å². The van der Waals surface area contributed by atoms with E-state index in [2.05, 4.69) is 30.9 Å². The van der Waals surface area contributed by atoms with E-state index < -0.39 is 5.63 Å². The summed E-state index contributed by atoms with van der Waals surface area (Å²) >= 11 is 0. The molecule has 1 aliphatic heterocycles. The number of aromatic nitrogens is 4. The van der Waals surface area contributed by atoms with Crippen LogP contribution in [0.1, 0.15) is 50.6 Å². The standard InChI is InChI=1S/C20H18N4O3/c1-10-13-15(11-7-5-6-8-12(11)26-18(13)25)27-17-14(10)16-22-19(20(2,3)4)23-24(16)9-21-17/h5-10H,1-4H3. The molecule has 4 aromatic rings. The second-order valence-electron chi connectivity index (χ2n) is 7.87. The predicted octanol–water partition coefficient (Wildman–Crippen LogP) is 3.79. The fraction of sp³-hybridized carbons (Fsp3) is 0.300. The Bertz CT molecular complexity index is 1280. The summed E-state index contributed by atoms with van der Waals surface area (Å²) in [7, 11) is 0. The minimum absolute atomic E-state index is 0.204. The molecule has 4 heterocycles. The Hall–Kier alpha value is -3.22. The molecule has 0 amide bonds. The van der Waals surface area contributed by atoms with E-state index in [9.17, 15) is 4.79 Å². The fourth-order valence-electron chi connectivity index (χ4n) is 3.50. The lowest BCUT2D eigenvalue weighted by atomic mass is 9.91. The van der Waals surface area contributed by atoms with E-state index in [0.29, 0.717) is 34.2 Å². The topological polar surface area (TPSA) is 82.5 Å². The average molecular weight is 362 g/mol. The van der Waals surface area contributed by atoms with Crippen molar-refractivity contribution in [2.75, 3.05) is 0 Å². The number of hydrogen-bond acceptors (Lipinski definition) is 6. The van der Waals surface area contributed by atoms with Crippen molar-refractivity contribution in [2.24, 2.45) is 0 Å². The number of benzene rings is 1. The molecule has 0 aliphatic carbocycles. The van der Waals surface area contributed by atoms with Crippen molar-refractivity contribution in [2.45, 2.75) is 39.0 Å². The van der Waals surface area contributed by atoms with Crippen molar-refractivity contribution < 1.29 is 9.15 Å². The van der Waals surface area contributed by atoms with E-state index in [0.717, 1.165) is 10.9 Å². The van der Waals surface area contributed by atoms with Crippen molar-refractivity contribution >= 4 is 16.6 Å². The Labute approximate surface area is 154 Å². The number of fused-ring (bicyclic) bond motifs is 6. The number of nitrogens with zero attached hydrogens (tertiary/aromatic N) is 4. The monoisotopic (exact) mass is 362 g/mol. The summed E-state index contributed by atoms with van der Waals surface area (Å²) in [4.78, 5) is 21.8. The van der Waals surface area contributed by atoms with Crippen molar-refractivity contribution in [3.05, 3.63) is 58.0 Å². The van der Waals surface area contributed by atoms with E-state index in [-0.39, 0.29) is 11.3 Å². The molecule has 0 spiro atoms. The maximum absolute atomic E-state index is 12.7. The van der Waals surface area contributed by atoms with Crippen molar-refractivity contribution in [3.8, 4) is 11.6 Å². The summed E-state index contributed by atoms with van der Waals surface area (Å²) in [6, 6.07) is 7.34. The van der Waals surface area contributed by atoms with Gasteiger partial charge in [-0.05, 0) is 12.1 Å². The molecule has 7 nitrogen and oxygen atoms in total. The van der Waals surface area contributed by atoms with Gasteiger partial charge in [-0.15, -0.1) is 5.10 Å². The highest BCUT2D eigenvalue weighted by Crippen LogP contribution is 2.45. The molecule has 0 saturated carbocycles. The Morgan fingerprint density at radius 2 is 1.93 bits per heavy atom. The Balaban J connectivity index is 1.80. The molecule has 5 rings (SSSR count). The highest BCUT2D eigenvalue weighted by Gasteiger charge is 2.34. The largest absolute Gasteiger partial charge is 0.437 e. The van der Waals surface area contributed by atoms with Crippen LogP contribution in [0.2, 0.25) is 0 Å². The van der Waals surface area contributed by atoms with Gasteiger partial charge in [0.2, 0.25) is 5.88 Å². The second-order valence-corrected chi connectivity index (χ2v) is 7.87. The van der Waals surface area contributed by atoms with Gasteiger partial charge in [0.1, 0.15) is 11.9 Å². The maximum Gasteiger partial charge on any atom is 0.343 e. The predicted molar refractivity (Wildman–Crippen MR) is 99.6 cm³/mol. The molecular weight excluding hydrogens is 344 g/mol. The van der Waals surface area contributed by atoms with E-state index in [4.69, 9.17) is 14.1 Å². The first kappa shape index (κ1) is 16.0. The SMILES string of the molecule is CC1c2c(c3ccccc3oc2=O)Oc2ncn3nc(C(C)(C)C)nc3c21. The summed E-state index contributed by atoms with van der Waals surface area (Å²) in [6.45, 7) is 8.10. The van der Waals surface area contributed by atoms with E-state index in [1.165, 1.54) is 0 Å². The van der Waals surface area contributed by atoms with Crippen LogP contribution in [0.3, 0.4) is 0 Å². The van der Waals surface area contributed by atoms with Gasteiger partial charge >= 0.3 is 5.63 Å². The molecule has 0 fully saturated rings. The molecule has 7 heteroatoms. The van der Waals surface area contributed by atoms with Crippen LogP contribution in [0.25, 0.3) is 16.6 Å². The Kier molecular flexibility index (Phi) is 3.05. The zero-order valence-corrected chi connectivity index (χ0v) is 15.5. The molecular formula is C20H18N4O3. The Morgan fingerprint density at radius 1 is 1.15 bits per heavy atom. The second kappa shape index (κ2) is 5.16. The smallest absolute Gasteiger partial charge is 0.343 e. The van der Waals surface area contributed by atoms with Crippen molar-refractivity contribution in [1.29, 1.82) is 0 Å². The molecule has 0 saturated heterocycles. The maximum atomic E-state index is 12.7. The zero-order chi connectivity index (χ0) is 18.9. The Morgan fingerprint density at radius 3 is 2.70 bits per heavy atom.